The molecule has 0 fully saturated rings. The Kier molecular flexibility index (Phi) is 1.72. The van der Waals surface area contributed by atoms with E-state index in [0.29, 0.717) is 11.8 Å². The first-order valence-corrected chi connectivity index (χ1v) is 4.68. The van der Waals surface area contributed by atoms with Gasteiger partial charge in [-0.2, -0.15) is 0 Å². The minimum absolute atomic E-state index is 0.423. The van der Waals surface area contributed by atoms with Crippen molar-refractivity contribution in [3.63, 3.8) is 0 Å². The van der Waals surface area contributed by atoms with Gasteiger partial charge in [0.05, 0.1) is 0 Å². The second-order valence-corrected chi connectivity index (χ2v) is 3.93. The van der Waals surface area contributed by atoms with Crippen LogP contribution in [0.1, 0.15) is 23.6 Å². The van der Waals surface area contributed by atoms with Crippen molar-refractivity contribution in [3.05, 3.63) is 22.8 Å². The number of phenolic OH excluding ortho intramolecular Hbond substituents is 1. The second-order valence-electron chi connectivity index (χ2n) is 3.93. The summed E-state index contributed by atoms with van der Waals surface area (Å²) in [6.07, 6.45) is 1.02. The second kappa shape index (κ2) is 2.66. The first-order chi connectivity index (χ1) is 6.09. The number of hydrogen-bond acceptors (Lipinski definition) is 2. The Morgan fingerprint density at radius 1 is 1.38 bits per heavy atom. The van der Waals surface area contributed by atoms with Crippen molar-refractivity contribution in [1.29, 1.82) is 0 Å². The number of anilines is 1. The van der Waals surface area contributed by atoms with E-state index in [0.717, 1.165) is 12.0 Å². The molecule has 1 aliphatic heterocycles. The average molecular weight is 177 g/mol. The lowest BCUT2D eigenvalue weighted by Crippen LogP contribution is -2.09. The zero-order chi connectivity index (χ0) is 9.59. The van der Waals surface area contributed by atoms with Gasteiger partial charge < -0.3 is 10.4 Å². The molecule has 0 spiro atoms. The van der Waals surface area contributed by atoms with E-state index in [1.54, 1.807) is 0 Å². The highest BCUT2D eigenvalue weighted by Crippen LogP contribution is 2.35. The maximum absolute atomic E-state index is 9.62. The van der Waals surface area contributed by atoms with Gasteiger partial charge in [-0.05, 0) is 49.9 Å². The third kappa shape index (κ3) is 1.17. The lowest BCUT2D eigenvalue weighted by atomic mass is 10.0. The van der Waals surface area contributed by atoms with Gasteiger partial charge >= 0.3 is 0 Å². The highest BCUT2D eigenvalue weighted by Gasteiger charge is 2.20. The van der Waals surface area contributed by atoms with Crippen LogP contribution < -0.4 is 5.32 Å². The maximum atomic E-state index is 9.62. The van der Waals surface area contributed by atoms with E-state index in [1.165, 1.54) is 16.8 Å². The van der Waals surface area contributed by atoms with Gasteiger partial charge in [0.2, 0.25) is 0 Å². The van der Waals surface area contributed by atoms with Crippen LogP contribution in [0.4, 0.5) is 5.69 Å². The van der Waals surface area contributed by atoms with Crippen molar-refractivity contribution in [2.75, 3.05) is 5.32 Å². The molecule has 2 rings (SSSR count). The molecule has 0 aromatic heterocycles. The fourth-order valence-electron chi connectivity index (χ4n) is 1.96. The van der Waals surface area contributed by atoms with Crippen molar-refractivity contribution < 1.29 is 5.11 Å². The molecular formula is C11H15NO. The van der Waals surface area contributed by atoms with Crippen molar-refractivity contribution in [2.24, 2.45) is 0 Å². The van der Waals surface area contributed by atoms with Crippen LogP contribution in [0.25, 0.3) is 0 Å². The van der Waals surface area contributed by atoms with Gasteiger partial charge in [0, 0.05) is 11.7 Å². The van der Waals surface area contributed by atoms with Crippen molar-refractivity contribution in [3.8, 4) is 5.75 Å². The van der Waals surface area contributed by atoms with Crippen LogP contribution in [0.3, 0.4) is 0 Å². The van der Waals surface area contributed by atoms with E-state index in [2.05, 4.69) is 19.2 Å². The summed E-state index contributed by atoms with van der Waals surface area (Å²) < 4.78 is 0. The molecule has 1 aromatic carbocycles. The third-order valence-corrected chi connectivity index (χ3v) is 2.87. The number of aromatic hydroxyl groups is 1. The van der Waals surface area contributed by atoms with Crippen LogP contribution in [0.5, 0.6) is 5.75 Å². The number of phenols is 1. The van der Waals surface area contributed by atoms with Crippen LogP contribution in [0, 0.1) is 13.8 Å². The first kappa shape index (κ1) is 8.42. The Bertz CT molecular complexity index is 358. The molecule has 1 heterocycles. The van der Waals surface area contributed by atoms with E-state index in [4.69, 9.17) is 0 Å². The highest BCUT2D eigenvalue weighted by molar-refractivity contribution is 5.66. The van der Waals surface area contributed by atoms with Gasteiger partial charge in [0.15, 0.2) is 0 Å². The molecule has 2 N–H and O–H groups in total. The molecule has 0 radical (unpaired) electrons. The van der Waals surface area contributed by atoms with Crippen LogP contribution in [0.2, 0.25) is 0 Å². The minimum atomic E-state index is 0.423. The monoisotopic (exact) mass is 177 g/mol. The molecule has 0 bridgehead atoms. The van der Waals surface area contributed by atoms with Gasteiger partial charge in [0.1, 0.15) is 5.75 Å². The van der Waals surface area contributed by atoms with Gasteiger partial charge in [0.25, 0.3) is 0 Å². The predicted octanol–water partition coefficient (Wildman–Crippen LogP) is 2.37. The fraction of sp³-hybridized carbons (Fsp3) is 0.455. The Morgan fingerprint density at radius 3 is 2.77 bits per heavy atom. The van der Waals surface area contributed by atoms with Gasteiger partial charge in [-0.25, -0.2) is 0 Å². The van der Waals surface area contributed by atoms with Crippen molar-refractivity contribution in [2.45, 2.75) is 33.2 Å². The van der Waals surface area contributed by atoms with E-state index in [1.807, 2.05) is 13.0 Å². The minimum Gasteiger partial charge on any atom is -0.508 e. The molecule has 2 nitrogen and oxygen atoms in total. The molecule has 1 unspecified atom stereocenters. The number of hydrogen-bond donors (Lipinski definition) is 2. The number of rotatable bonds is 0. The third-order valence-electron chi connectivity index (χ3n) is 2.87. The molecule has 1 atom stereocenters. The molecule has 2 heteroatoms. The Hall–Kier alpha value is -1.18. The Morgan fingerprint density at radius 2 is 2.08 bits per heavy atom. The molecule has 1 aliphatic rings. The first-order valence-electron chi connectivity index (χ1n) is 4.68. The normalized spacial score (nSPS) is 19.8. The van der Waals surface area contributed by atoms with Gasteiger partial charge in [-0.3, -0.25) is 0 Å². The fourth-order valence-corrected chi connectivity index (χ4v) is 1.96. The SMILES string of the molecule is Cc1c(O)cc2c(c1C)NC(C)C2. The summed E-state index contributed by atoms with van der Waals surface area (Å²) in [4.78, 5) is 0. The summed E-state index contributed by atoms with van der Waals surface area (Å²) in [6.45, 7) is 6.17. The van der Waals surface area contributed by atoms with Crippen LogP contribution in [-0.2, 0) is 6.42 Å². The summed E-state index contributed by atoms with van der Waals surface area (Å²) in [5.74, 6) is 0.423. The van der Waals surface area contributed by atoms with E-state index >= 15 is 0 Å². The Labute approximate surface area is 78.6 Å². The van der Waals surface area contributed by atoms with E-state index in [9.17, 15) is 5.11 Å². The summed E-state index contributed by atoms with van der Waals surface area (Å²) in [6, 6.07) is 2.38. The molecule has 0 aliphatic carbocycles. The van der Waals surface area contributed by atoms with Gasteiger partial charge in [-0.1, -0.05) is 0 Å². The van der Waals surface area contributed by atoms with E-state index in [-0.39, 0.29) is 0 Å². The summed E-state index contributed by atoms with van der Waals surface area (Å²) in [5.41, 5.74) is 4.63. The number of benzene rings is 1. The standard InChI is InChI=1S/C11H15NO/c1-6-4-9-5-10(13)7(2)8(3)11(9)12-6/h5-6,12-13H,4H2,1-3H3. The highest BCUT2D eigenvalue weighted by atomic mass is 16.3. The predicted molar refractivity (Wildman–Crippen MR) is 54.4 cm³/mol. The molecule has 1 aromatic rings. The van der Waals surface area contributed by atoms with E-state index < -0.39 is 0 Å². The molecule has 0 saturated heterocycles. The number of fused-ring (bicyclic) bond motifs is 1. The summed E-state index contributed by atoms with van der Waals surface area (Å²) in [7, 11) is 0. The quantitative estimate of drug-likeness (QED) is 0.596. The van der Waals surface area contributed by atoms with Gasteiger partial charge in [-0.15, -0.1) is 0 Å². The zero-order valence-corrected chi connectivity index (χ0v) is 8.31. The largest absolute Gasteiger partial charge is 0.508 e. The zero-order valence-electron chi connectivity index (χ0n) is 8.31. The maximum Gasteiger partial charge on any atom is 0.119 e. The van der Waals surface area contributed by atoms with Crippen molar-refractivity contribution >= 4 is 5.69 Å². The molecule has 0 amide bonds. The molecule has 13 heavy (non-hydrogen) atoms. The van der Waals surface area contributed by atoms with Crippen molar-refractivity contribution in [1.82, 2.24) is 0 Å². The Balaban J connectivity index is 2.60. The van der Waals surface area contributed by atoms with Crippen LogP contribution in [-0.4, -0.2) is 11.1 Å². The lowest BCUT2D eigenvalue weighted by molar-refractivity contribution is 0.470. The average Bonchev–Trinajstić information content (AvgIpc) is 2.42. The van der Waals surface area contributed by atoms with Crippen LogP contribution >= 0.6 is 0 Å². The van der Waals surface area contributed by atoms with Crippen LogP contribution in [0.15, 0.2) is 6.07 Å². The summed E-state index contributed by atoms with van der Waals surface area (Å²) in [5, 5.41) is 13.0. The lowest BCUT2D eigenvalue weighted by Gasteiger charge is -2.10. The molecule has 0 saturated carbocycles. The summed E-state index contributed by atoms with van der Waals surface area (Å²) >= 11 is 0. The topological polar surface area (TPSA) is 32.3 Å². The smallest absolute Gasteiger partial charge is 0.119 e. The molecular weight excluding hydrogens is 162 g/mol. The molecule has 70 valence electrons. The number of nitrogens with one attached hydrogen (secondary N) is 1.